The summed E-state index contributed by atoms with van der Waals surface area (Å²) in [5.74, 6) is 0.929. The fourth-order valence-electron chi connectivity index (χ4n) is 3.55. The van der Waals surface area contributed by atoms with Crippen LogP contribution in [0.15, 0.2) is 84.9 Å². The molecule has 4 rings (SSSR count). The molecule has 1 aliphatic carbocycles. The zero-order chi connectivity index (χ0) is 17.8. The third-order valence-corrected chi connectivity index (χ3v) is 4.85. The highest BCUT2D eigenvalue weighted by Crippen LogP contribution is 2.39. The van der Waals surface area contributed by atoms with Gasteiger partial charge in [-0.25, -0.2) is 0 Å². The van der Waals surface area contributed by atoms with Crippen LogP contribution in [0.1, 0.15) is 28.7 Å². The molecule has 0 unspecified atom stereocenters. The molecular formula is C25H22O. The van der Waals surface area contributed by atoms with Gasteiger partial charge in [-0.15, -0.1) is 0 Å². The van der Waals surface area contributed by atoms with Gasteiger partial charge in [0, 0.05) is 0 Å². The number of rotatable bonds is 4. The van der Waals surface area contributed by atoms with Crippen molar-refractivity contribution < 1.29 is 4.74 Å². The normalized spacial score (nSPS) is 13.7. The topological polar surface area (TPSA) is 9.23 Å². The Morgan fingerprint density at radius 2 is 1.62 bits per heavy atom. The van der Waals surface area contributed by atoms with E-state index in [0.717, 1.165) is 18.6 Å². The molecule has 26 heavy (non-hydrogen) atoms. The largest absolute Gasteiger partial charge is 0.497 e. The van der Waals surface area contributed by atoms with E-state index in [0.29, 0.717) is 0 Å². The molecule has 3 aromatic carbocycles. The predicted octanol–water partition coefficient (Wildman–Crippen LogP) is 6.27. The van der Waals surface area contributed by atoms with Crippen LogP contribution in [0, 0.1) is 0 Å². The molecule has 1 aliphatic rings. The van der Waals surface area contributed by atoms with Gasteiger partial charge >= 0.3 is 0 Å². The molecule has 0 aliphatic heterocycles. The molecule has 0 saturated carbocycles. The van der Waals surface area contributed by atoms with Crippen molar-refractivity contribution in [1.29, 1.82) is 0 Å². The Morgan fingerprint density at radius 3 is 2.35 bits per heavy atom. The highest BCUT2D eigenvalue weighted by molar-refractivity contribution is 6.11. The number of hydrogen-bond acceptors (Lipinski definition) is 1. The summed E-state index contributed by atoms with van der Waals surface area (Å²) in [6, 6.07) is 27.6. The summed E-state index contributed by atoms with van der Waals surface area (Å²) in [5.41, 5.74) is 7.70. The van der Waals surface area contributed by atoms with Gasteiger partial charge in [-0.1, -0.05) is 72.8 Å². The molecule has 0 spiro atoms. The highest BCUT2D eigenvalue weighted by atomic mass is 16.5. The molecule has 0 atom stereocenters. The van der Waals surface area contributed by atoms with E-state index in [9.17, 15) is 0 Å². The van der Waals surface area contributed by atoms with Gasteiger partial charge in [-0.3, -0.25) is 0 Å². The Bertz CT molecular complexity index is 950. The zero-order valence-electron chi connectivity index (χ0n) is 15.0. The Labute approximate surface area is 155 Å². The minimum atomic E-state index is 0.929. The standard InChI is InChI=1S/C25H22O/c1-26-22-15-16-23-21(18-22)13-8-14-24(23)25(20-11-6-3-7-12-20)17-19-9-4-2-5-10-19/h2-7,9-12,14-18H,8,13H2,1H3/b25-17-. The van der Waals surface area contributed by atoms with Crippen LogP contribution >= 0.6 is 0 Å². The number of hydrogen-bond donors (Lipinski definition) is 0. The Morgan fingerprint density at radius 1 is 0.885 bits per heavy atom. The van der Waals surface area contributed by atoms with Gasteiger partial charge in [0.1, 0.15) is 5.75 Å². The first-order chi connectivity index (χ1) is 12.8. The zero-order valence-corrected chi connectivity index (χ0v) is 15.0. The lowest BCUT2D eigenvalue weighted by Crippen LogP contribution is -2.02. The lowest BCUT2D eigenvalue weighted by molar-refractivity contribution is 0.414. The van der Waals surface area contributed by atoms with E-state index in [1.165, 1.54) is 33.4 Å². The lowest BCUT2D eigenvalue weighted by atomic mass is 9.83. The van der Waals surface area contributed by atoms with Crippen molar-refractivity contribution in [3.63, 3.8) is 0 Å². The number of ether oxygens (including phenoxy) is 1. The van der Waals surface area contributed by atoms with Crippen molar-refractivity contribution in [3.05, 3.63) is 107 Å². The molecule has 0 radical (unpaired) electrons. The van der Waals surface area contributed by atoms with E-state index in [4.69, 9.17) is 4.74 Å². The van der Waals surface area contributed by atoms with Crippen molar-refractivity contribution >= 4 is 17.2 Å². The molecule has 0 fully saturated rings. The third-order valence-electron chi connectivity index (χ3n) is 4.85. The van der Waals surface area contributed by atoms with Gasteiger partial charge in [0.2, 0.25) is 0 Å². The first-order valence-electron chi connectivity index (χ1n) is 9.05. The Hall–Kier alpha value is -3.06. The van der Waals surface area contributed by atoms with Crippen LogP contribution < -0.4 is 4.74 Å². The summed E-state index contributed by atoms with van der Waals surface area (Å²) >= 11 is 0. The second-order valence-electron chi connectivity index (χ2n) is 6.51. The molecule has 1 heteroatoms. The van der Waals surface area contributed by atoms with Crippen LogP contribution in [0.4, 0.5) is 0 Å². The van der Waals surface area contributed by atoms with Gasteiger partial charge < -0.3 is 4.74 Å². The molecule has 1 nitrogen and oxygen atoms in total. The van der Waals surface area contributed by atoms with Gasteiger partial charge in [-0.05, 0) is 64.5 Å². The second-order valence-corrected chi connectivity index (χ2v) is 6.51. The molecule has 3 aromatic rings. The summed E-state index contributed by atoms with van der Waals surface area (Å²) < 4.78 is 5.42. The average molecular weight is 338 g/mol. The third kappa shape index (κ3) is 3.34. The van der Waals surface area contributed by atoms with Crippen molar-refractivity contribution in [2.75, 3.05) is 7.11 Å². The maximum atomic E-state index is 5.42. The van der Waals surface area contributed by atoms with E-state index in [1.807, 2.05) is 0 Å². The minimum Gasteiger partial charge on any atom is -0.497 e. The summed E-state index contributed by atoms with van der Waals surface area (Å²) in [7, 11) is 1.73. The van der Waals surface area contributed by atoms with Crippen molar-refractivity contribution in [2.45, 2.75) is 12.8 Å². The van der Waals surface area contributed by atoms with Gasteiger partial charge in [0.25, 0.3) is 0 Å². The molecule has 0 aromatic heterocycles. The van der Waals surface area contributed by atoms with Gasteiger partial charge in [0.05, 0.1) is 7.11 Å². The molecular weight excluding hydrogens is 316 g/mol. The molecule has 0 heterocycles. The van der Waals surface area contributed by atoms with Crippen LogP contribution in [-0.4, -0.2) is 7.11 Å². The van der Waals surface area contributed by atoms with Gasteiger partial charge in [-0.2, -0.15) is 0 Å². The number of benzene rings is 3. The van der Waals surface area contributed by atoms with Crippen LogP contribution in [0.25, 0.3) is 17.2 Å². The van der Waals surface area contributed by atoms with Crippen LogP contribution in [0.5, 0.6) is 5.75 Å². The van der Waals surface area contributed by atoms with E-state index in [2.05, 4.69) is 91.0 Å². The first kappa shape index (κ1) is 16.4. The fraction of sp³-hybridized carbons (Fsp3) is 0.120. The molecule has 0 bridgehead atoms. The maximum absolute atomic E-state index is 5.42. The molecule has 0 N–H and O–H groups in total. The van der Waals surface area contributed by atoms with Crippen molar-refractivity contribution in [1.82, 2.24) is 0 Å². The predicted molar refractivity (Wildman–Crippen MR) is 110 cm³/mol. The Kier molecular flexibility index (Phi) is 4.70. The monoisotopic (exact) mass is 338 g/mol. The number of fused-ring (bicyclic) bond motifs is 1. The maximum Gasteiger partial charge on any atom is 0.119 e. The fourth-order valence-corrected chi connectivity index (χ4v) is 3.55. The summed E-state index contributed by atoms with van der Waals surface area (Å²) in [5, 5.41) is 0. The van der Waals surface area contributed by atoms with E-state index in [-0.39, 0.29) is 0 Å². The second kappa shape index (κ2) is 7.45. The molecule has 128 valence electrons. The van der Waals surface area contributed by atoms with E-state index < -0.39 is 0 Å². The van der Waals surface area contributed by atoms with Crippen LogP contribution in [-0.2, 0) is 6.42 Å². The summed E-state index contributed by atoms with van der Waals surface area (Å²) in [4.78, 5) is 0. The number of allylic oxidation sites excluding steroid dienone is 3. The number of methoxy groups -OCH3 is 1. The number of aryl methyl sites for hydroxylation is 1. The average Bonchev–Trinajstić information content (AvgIpc) is 2.72. The highest BCUT2D eigenvalue weighted by Gasteiger charge is 2.18. The smallest absolute Gasteiger partial charge is 0.119 e. The first-order valence-corrected chi connectivity index (χ1v) is 9.05. The van der Waals surface area contributed by atoms with Crippen LogP contribution in [0.3, 0.4) is 0 Å². The van der Waals surface area contributed by atoms with Crippen LogP contribution in [0.2, 0.25) is 0 Å². The van der Waals surface area contributed by atoms with Crippen molar-refractivity contribution in [2.24, 2.45) is 0 Å². The Balaban J connectivity index is 1.86. The van der Waals surface area contributed by atoms with E-state index >= 15 is 0 Å². The summed E-state index contributed by atoms with van der Waals surface area (Å²) in [6.07, 6.45) is 6.77. The minimum absolute atomic E-state index is 0.929. The van der Waals surface area contributed by atoms with Gasteiger partial charge in [0.15, 0.2) is 0 Å². The molecule has 0 amide bonds. The molecule has 0 saturated heterocycles. The lowest BCUT2D eigenvalue weighted by Gasteiger charge is -2.21. The summed E-state index contributed by atoms with van der Waals surface area (Å²) in [6.45, 7) is 0. The van der Waals surface area contributed by atoms with E-state index in [1.54, 1.807) is 7.11 Å². The van der Waals surface area contributed by atoms with Crippen molar-refractivity contribution in [3.8, 4) is 5.75 Å². The quantitative estimate of drug-likeness (QED) is 0.510. The SMILES string of the molecule is COc1ccc2c(c1)CCC=C2/C(=C\c1ccccc1)c1ccccc1.